The first kappa shape index (κ1) is 32.2. The quantitative estimate of drug-likeness (QED) is 0.115. The van der Waals surface area contributed by atoms with Gasteiger partial charge in [-0.05, 0) is 55.6 Å². The number of halogens is 2. The number of nitrogens with zero attached hydrogens (tertiary/aromatic N) is 3. The zero-order chi connectivity index (χ0) is 30.7. The van der Waals surface area contributed by atoms with Gasteiger partial charge in [0.1, 0.15) is 36.3 Å². The second-order valence-corrected chi connectivity index (χ2v) is 19.4. The van der Waals surface area contributed by atoms with E-state index < -0.39 is 8.07 Å². The lowest BCUT2D eigenvalue weighted by atomic mass is 10.1. The molecule has 3 saturated heterocycles. The first-order valence-electron chi connectivity index (χ1n) is 15.4. The molecule has 0 N–H and O–H groups in total. The Kier molecular flexibility index (Phi) is 10.5. The second kappa shape index (κ2) is 14.3. The van der Waals surface area contributed by atoms with Gasteiger partial charge in [0.05, 0.1) is 30.5 Å². The summed E-state index contributed by atoms with van der Waals surface area (Å²) in [6.07, 6.45) is 1.80. The van der Waals surface area contributed by atoms with Crippen LogP contribution in [-0.4, -0.2) is 91.7 Å². The van der Waals surface area contributed by atoms with Crippen molar-refractivity contribution in [2.24, 2.45) is 0 Å². The molecule has 5 heterocycles. The van der Waals surface area contributed by atoms with Gasteiger partial charge in [0.2, 0.25) is 0 Å². The summed E-state index contributed by atoms with van der Waals surface area (Å²) < 4.78 is 44.6. The van der Waals surface area contributed by atoms with E-state index in [-0.39, 0.29) is 37.4 Å². The van der Waals surface area contributed by atoms with Gasteiger partial charge in [0.15, 0.2) is 18.0 Å². The Morgan fingerprint density at radius 3 is 2.50 bits per heavy atom. The summed E-state index contributed by atoms with van der Waals surface area (Å²) in [7, 11) is -1.27. The highest BCUT2D eigenvalue weighted by Crippen LogP contribution is 2.35. The maximum absolute atomic E-state index is 6.76. The smallest absolute Gasteiger partial charge is 0.301 e. The molecule has 3 aliphatic heterocycles. The van der Waals surface area contributed by atoms with Gasteiger partial charge in [-0.1, -0.05) is 47.2 Å². The molecule has 240 valence electrons. The van der Waals surface area contributed by atoms with E-state index in [1.165, 1.54) is 0 Å². The summed E-state index contributed by atoms with van der Waals surface area (Å²) in [4.78, 5) is 9.79. The minimum Gasteiger partial charge on any atom is -0.493 e. The van der Waals surface area contributed by atoms with E-state index in [9.17, 15) is 0 Å². The van der Waals surface area contributed by atoms with Crippen LogP contribution in [0.5, 0.6) is 11.8 Å². The van der Waals surface area contributed by atoms with E-state index in [1.54, 1.807) is 0 Å². The fourth-order valence-corrected chi connectivity index (χ4v) is 6.78. The lowest BCUT2D eigenvalue weighted by Gasteiger charge is -2.27. The maximum atomic E-state index is 6.76. The number of rotatable bonds is 13. The molecule has 0 saturated carbocycles. The zero-order valence-corrected chi connectivity index (χ0v) is 28.8. The summed E-state index contributed by atoms with van der Waals surface area (Å²) >= 11 is 10.1. The van der Waals surface area contributed by atoms with Crippen LogP contribution in [0.25, 0.3) is 22.4 Å². The van der Waals surface area contributed by atoms with E-state index in [0.717, 1.165) is 48.6 Å². The molecule has 3 aromatic rings. The first-order chi connectivity index (χ1) is 21.3. The number of hydrogen-bond acceptors (Lipinski definition) is 9. The third-order valence-electron chi connectivity index (χ3n) is 8.01. The number of pyridine rings is 1. The lowest BCUT2D eigenvalue weighted by Crippen LogP contribution is -2.38. The molecule has 44 heavy (non-hydrogen) atoms. The molecule has 1 aromatic carbocycles. The van der Waals surface area contributed by atoms with E-state index >= 15 is 0 Å². The van der Waals surface area contributed by atoms with E-state index in [2.05, 4.69) is 35.6 Å². The van der Waals surface area contributed by atoms with Crippen molar-refractivity contribution in [1.82, 2.24) is 14.5 Å². The molecule has 2 aromatic heterocycles. The zero-order valence-electron chi connectivity index (χ0n) is 25.5. The summed E-state index contributed by atoms with van der Waals surface area (Å²) in [6.45, 7) is 10.0. The molecule has 3 aliphatic rings. The van der Waals surface area contributed by atoms with E-state index in [0.29, 0.717) is 54.3 Å². The van der Waals surface area contributed by atoms with Gasteiger partial charge in [-0.2, -0.15) is 4.98 Å². The Hall–Kier alpha value is -1.77. The normalized spacial score (nSPS) is 25.4. The van der Waals surface area contributed by atoms with Gasteiger partial charge in [0.25, 0.3) is 0 Å². The van der Waals surface area contributed by atoms with Crippen LogP contribution in [0.1, 0.15) is 19.3 Å². The van der Waals surface area contributed by atoms with Crippen molar-refractivity contribution in [3.63, 3.8) is 0 Å². The Labute approximate surface area is 272 Å². The molecule has 10 nitrogen and oxygen atoms in total. The van der Waals surface area contributed by atoms with Gasteiger partial charge in [-0.25, -0.2) is 4.98 Å². The molecule has 3 fully saturated rings. The summed E-state index contributed by atoms with van der Waals surface area (Å²) in [5.74, 6) is 0.784. The minimum atomic E-state index is -1.27. The Balaban J connectivity index is 1.23. The molecule has 5 atom stereocenters. The van der Waals surface area contributed by atoms with Crippen molar-refractivity contribution >= 4 is 46.8 Å². The van der Waals surface area contributed by atoms with Crippen molar-refractivity contribution in [1.29, 1.82) is 0 Å². The Morgan fingerprint density at radius 2 is 1.77 bits per heavy atom. The molecule has 6 rings (SSSR count). The fourth-order valence-electron chi connectivity index (χ4n) is 5.61. The standard InChI is InChI=1S/C31H41BrClN3O7Si/c1-44(2,3)15-14-37-19-36-30-23(16-22(33)27(35-30)20-7-9-21(10-8-20)38-13-11-32)34-31(36)43-25-18-41-28-24(17-40-29(25)28)42-26-6-4-5-12-39-26/h7-10,16,24-26,28-29H,4-6,11-15,17-19H2,1-3H3/t24-,25-,26?,28-,29-/m1/s1. The molecular weight excluding hydrogens is 670 g/mol. The predicted molar refractivity (Wildman–Crippen MR) is 174 cm³/mol. The molecule has 0 amide bonds. The van der Waals surface area contributed by atoms with Crippen molar-refractivity contribution in [2.45, 2.75) is 82.4 Å². The van der Waals surface area contributed by atoms with Crippen LogP contribution in [-0.2, 0) is 30.4 Å². The highest BCUT2D eigenvalue weighted by atomic mass is 79.9. The number of ether oxygens (including phenoxy) is 7. The molecule has 0 aliphatic carbocycles. The predicted octanol–water partition coefficient (Wildman–Crippen LogP) is 6.29. The maximum Gasteiger partial charge on any atom is 0.301 e. The van der Waals surface area contributed by atoms with Crippen LogP contribution in [0.2, 0.25) is 30.7 Å². The number of fused-ring (bicyclic) bond motifs is 2. The highest BCUT2D eigenvalue weighted by Gasteiger charge is 2.50. The average molecular weight is 711 g/mol. The van der Waals surface area contributed by atoms with Crippen LogP contribution < -0.4 is 9.47 Å². The van der Waals surface area contributed by atoms with Gasteiger partial charge < -0.3 is 33.2 Å². The summed E-state index contributed by atoms with van der Waals surface area (Å²) in [5, 5.41) is 1.26. The van der Waals surface area contributed by atoms with Gasteiger partial charge in [-0.3, -0.25) is 4.57 Å². The molecule has 1 unspecified atom stereocenters. The van der Waals surface area contributed by atoms with Crippen LogP contribution in [0, 0.1) is 0 Å². The van der Waals surface area contributed by atoms with Gasteiger partial charge in [0, 0.05) is 32.2 Å². The summed E-state index contributed by atoms with van der Waals surface area (Å²) in [5.41, 5.74) is 2.77. The van der Waals surface area contributed by atoms with Gasteiger partial charge >= 0.3 is 6.01 Å². The van der Waals surface area contributed by atoms with Gasteiger partial charge in [-0.15, -0.1) is 0 Å². The number of hydrogen-bond donors (Lipinski definition) is 0. The second-order valence-electron chi connectivity index (χ2n) is 12.6. The average Bonchev–Trinajstić information content (AvgIpc) is 3.69. The van der Waals surface area contributed by atoms with Crippen LogP contribution >= 0.6 is 27.5 Å². The van der Waals surface area contributed by atoms with Crippen molar-refractivity contribution in [2.75, 3.05) is 38.4 Å². The topological polar surface area (TPSA) is 95.3 Å². The van der Waals surface area contributed by atoms with Crippen LogP contribution in [0.15, 0.2) is 30.3 Å². The first-order valence-corrected chi connectivity index (χ1v) is 20.6. The van der Waals surface area contributed by atoms with Crippen LogP contribution in [0.3, 0.4) is 0 Å². The third-order valence-corrected chi connectivity index (χ3v) is 10.3. The number of imidazole rings is 1. The van der Waals surface area contributed by atoms with E-state index in [1.807, 2.05) is 34.9 Å². The highest BCUT2D eigenvalue weighted by molar-refractivity contribution is 9.09. The SMILES string of the molecule is C[Si](C)(C)CCOCn1c(O[C@@H]2CO[C@H]3[C@@H]2OC[C@H]3OC2CCCCO2)nc2cc(Cl)c(-c3ccc(OCCBr)cc3)nc21. The molecule has 0 spiro atoms. The largest absolute Gasteiger partial charge is 0.493 e. The van der Waals surface area contributed by atoms with Crippen molar-refractivity contribution in [3.05, 3.63) is 35.4 Å². The third kappa shape index (κ3) is 7.60. The number of aromatic nitrogens is 3. The van der Waals surface area contributed by atoms with Crippen molar-refractivity contribution < 1.29 is 33.2 Å². The lowest BCUT2D eigenvalue weighted by molar-refractivity contribution is -0.202. The molecule has 0 bridgehead atoms. The fraction of sp³-hybridized carbons (Fsp3) is 0.613. The number of benzene rings is 1. The molecule has 0 radical (unpaired) electrons. The Bertz CT molecular complexity index is 1400. The van der Waals surface area contributed by atoms with Crippen LogP contribution in [0.4, 0.5) is 0 Å². The molecular formula is C31H41BrClN3O7Si. The monoisotopic (exact) mass is 709 g/mol. The Morgan fingerprint density at radius 1 is 1.00 bits per heavy atom. The minimum absolute atomic E-state index is 0.195. The summed E-state index contributed by atoms with van der Waals surface area (Å²) in [6, 6.07) is 11.0. The molecule has 13 heteroatoms. The van der Waals surface area contributed by atoms with E-state index in [4.69, 9.17) is 54.7 Å². The number of alkyl halides is 1. The van der Waals surface area contributed by atoms with Crippen molar-refractivity contribution in [3.8, 4) is 23.0 Å².